The lowest BCUT2D eigenvalue weighted by atomic mass is 10.2. The average Bonchev–Trinajstić information content (AvgIpc) is 2.26. The van der Waals surface area contributed by atoms with Gasteiger partial charge in [-0.3, -0.25) is 10.1 Å². The lowest BCUT2D eigenvalue weighted by molar-refractivity contribution is -0.400. The van der Waals surface area contributed by atoms with Gasteiger partial charge in [0.2, 0.25) is 6.20 Å². The summed E-state index contributed by atoms with van der Waals surface area (Å²) >= 11 is 3.30. The first-order valence-corrected chi connectivity index (χ1v) is 5.11. The van der Waals surface area contributed by atoms with Gasteiger partial charge in [0.05, 0.1) is 23.6 Å². The van der Waals surface area contributed by atoms with Crippen molar-refractivity contribution in [2.75, 3.05) is 14.2 Å². The Bertz CT molecular complexity index is 431. The maximum Gasteiger partial charge on any atom is 0.235 e. The number of benzene rings is 1. The van der Waals surface area contributed by atoms with Crippen LogP contribution in [0.4, 0.5) is 0 Å². The molecule has 0 atom stereocenters. The highest BCUT2D eigenvalue weighted by atomic mass is 79.9. The van der Waals surface area contributed by atoms with E-state index in [0.717, 1.165) is 10.7 Å². The van der Waals surface area contributed by atoms with Crippen molar-refractivity contribution in [3.63, 3.8) is 0 Å². The third kappa shape index (κ3) is 2.73. The molecule has 1 rings (SSSR count). The molecular weight excluding hydrogens is 278 g/mol. The fraction of sp³-hybridized carbons (Fsp3) is 0.200. The number of rotatable bonds is 4. The minimum atomic E-state index is -0.534. The number of hydrogen-bond donors (Lipinski definition) is 0. The lowest BCUT2D eigenvalue weighted by Crippen LogP contribution is -1.94. The van der Waals surface area contributed by atoms with Crippen molar-refractivity contribution < 1.29 is 14.4 Å². The molecule has 0 aliphatic rings. The molecule has 0 aliphatic heterocycles. The molecule has 1 aromatic carbocycles. The minimum absolute atomic E-state index is 0.454. The quantitative estimate of drug-likeness (QED) is 0.631. The van der Waals surface area contributed by atoms with Crippen molar-refractivity contribution in [1.82, 2.24) is 0 Å². The first kappa shape index (κ1) is 12.5. The van der Waals surface area contributed by atoms with Gasteiger partial charge in [-0.05, 0) is 28.1 Å². The average molecular weight is 288 g/mol. The van der Waals surface area contributed by atoms with E-state index in [9.17, 15) is 10.1 Å². The van der Waals surface area contributed by atoms with E-state index in [4.69, 9.17) is 9.47 Å². The molecule has 0 saturated heterocycles. The standard InChI is InChI=1S/C10H10BrNO4/c1-15-9-7(5-6-12(13)14)3-4-8(11)10(9)16-2/h3-6H,1-2H3/b6-5+. The Labute approximate surface area is 101 Å². The van der Waals surface area contributed by atoms with Gasteiger partial charge in [-0.15, -0.1) is 0 Å². The Morgan fingerprint density at radius 2 is 1.94 bits per heavy atom. The molecule has 0 bridgehead atoms. The molecule has 0 spiro atoms. The van der Waals surface area contributed by atoms with Crippen LogP contribution in [0, 0.1) is 10.1 Å². The number of halogens is 1. The smallest absolute Gasteiger partial charge is 0.235 e. The van der Waals surface area contributed by atoms with Gasteiger partial charge in [-0.1, -0.05) is 0 Å². The third-order valence-corrected chi connectivity index (χ3v) is 2.50. The van der Waals surface area contributed by atoms with Crippen molar-refractivity contribution in [2.24, 2.45) is 0 Å². The van der Waals surface area contributed by atoms with Gasteiger partial charge in [0.25, 0.3) is 0 Å². The highest BCUT2D eigenvalue weighted by Crippen LogP contribution is 2.38. The molecule has 0 fully saturated rings. The van der Waals surface area contributed by atoms with Crippen LogP contribution in [-0.2, 0) is 0 Å². The van der Waals surface area contributed by atoms with Gasteiger partial charge in [-0.25, -0.2) is 0 Å². The lowest BCUT2D eigenvalue weighted by Gasteiger charge is -2.11. The number of nitro groups is 1. The van der Waals surface area contributed by atoms with Gasteiger partial charge >= 0.3 is 0 Å². The molecule has 1 aromatic rings. The Morgan fingerprint density at radius 1 is 1.31 bits per heavy atom. The highest BCUT2D eigenvalue weighted by Gasteiger charge is 2.12. The second-order valence-electron chi connectivity index (χ2n) is 2.80. The summed E-state index contributed by atoms with van der Waals surface area (Å²) < 4.78 is 11.0. The summed E-state index contributed by atoms with van der Waals surface area (Å²) in [6, 6.07) is 3.44. The van der Waals surface area contributed by atoms with E-state index in [1.165, 1.54) is 20.3 Å². The monoisotopic (exact) mass is 287 g/mol. The van der Waals surface area contributed by atoms with Gasteiger partial charge in [0.1, 0.15) is 0 Å². The Balaban J connectivity index is 3.24. The molecule has 86 valence electrons. The fourth-order valence-corrected chi connectivity index (χ4v) is 1.70. The first-order chi connectivity index (χ1) is 7.60. The summed E-state index contributed by atoms with van der Waals surface area (Å²) in [6.07, 6.45) is 2.21. The molecule has 0 N–H and O–H groups in total. The Hall–Kier alpha value is -1.56. The van der Waals surface area contributed by atoms with E-state index >= 15 is 0 Å². The van der Waals surface area contributed by atoms with E-state index in [2.05, 4.69) is 15.9 Å². The second-order valence-corrected chi connectivity index (χ2v) is 3.66. The van der Waals surface area contributed by atoms with Crippen LogP contribution in [0.2, 0.25) is 0 Å². The third-order valence-electron chi connectivity index (χ3n) is 1.88. The molecule has 0 saturated carbocycles. The Kier molecular flexibility index (Phi) is 4.30. The topological polar surface area (TPSA) is 61.6 Å². The van der Waals surface area contributed by atoms with Crippen LogP contribution in [0.1, 0.15) is 5.56 Å². The molecular formula is C10H10BrNO4. The van der Waals surface area contributed by atoms with E-state index in [0.29, 0.717) is 17.1 Å². The van der Waals surface area contributed by atoms with Crippen LogP contribution in [0.3, 0.4) is 0 Å². The molecule has 0 aromatic heterocycles. The minimum Gasteiger partial charge on any atom is -0.492 e. The molecule has 5 nitrogen and oxygen atoms in total. The van der Waals surface area contributed by atoms with Crippen molar-refractivity contribution in [1.29, 1.82) is 0 Å². The van der Waals surface area contributed by atoms with Crippen molar-refractivity contribution >= 4 is 22.0 Å². The van der Waals surface area contributed by atoms with Crippen LogP contribution in [0.5, 0.6) is 11.5 Å². The van der Waals surface area contributed by atoms with E-state index in [-0.39, 0.29) is 0 Å². The summed E-state index contributed by atoms with van der Waals surface area (Å²) in [5.41, 5.74) is 0.583. The van der Waals surface area contributed by atoms with Crippen molar-refractivity contribution in [3.05, 3.63) is 38.5 Å². The van der Waals surface area contributed by atoms with Gasteiger partial charge in [-0.2, -0.15) is 0 Å². The predicted octanol–water partition coefficient (Wildman–Crippen LogP) is 2.71. The predicted molar refractivity (Wildman–Crippen MR) is 63.3 cm³/mol. The number of hydrogen-bond acceptors (Lipinski definition) is 4. The molecule has 0 heterocycles. The zero-order chi connectivity index (χ0) is 12.1. The molecule has 0 amide bonds. The summed E-state index contributed by atoms with van der Waals surface area (Å²) in [5, 5.41) is 10.2. The number of nitrogens with zero attached hydrogens (tertiary/aromatic N) is 1. The zero-order valence-electron chi connectivity index (χ0n) is 8.77. The van der Waals surface area contributed by atoms with Gasteiger partial charge in [0.15, 0.2) is 11.5 Å². The Morgan fingerprint density at radius 3 is 2.44 bits per heavy atom. The SMILES string of the molecule is COc1c(Br)ccc(/C=C/[N+](=O)[O-])c1OC. The van der Waals surface area contributed by atoms with Crippen LogP contribution < -0.4 is 9.47 Å². The molecule has 0 aliphatic carbocycles. The normalized spacial score (nSPS) is 10.4. The second kappa shape index (κ2) is 5.50. The molecule has 6 heteroatoms. The van der Waals surface area contributed by atoms with Crippen molar-refractivity contribution in [3.8, 4) is 11.5 Å². The maximum atomic E-state index is 10.2. The van der Waals surface area contributed by atoms with Gasteiger partial charge in [0, 0.05) is 11.6 Å². The fourth-order valence-electron chi connectivity index (χ4n) is 1.23. The van der Waals surface area contributed by atoms with Crippen LogP contribution in [0.15, 0.2) is 22.8 Å². The summed E-state index contributed by atoms with van der Waals surface area (Å²) in [6.45, 7) is 0. The van der Waals surface area contributed by atoms with Gasteiger partial charge < -0.3 is 9.47 Å². The van der Waals surface area contributed by atoms with Crippen LogP contribution in [-0.4, -0.2) is 19.1 Å². The summed E-state index contributed by atoms with van der Waals surface area (Å²) in [7, 11) is 2.98. The van der Waals surface area contributed by atoms with E-state index < -0.39 is 4.92 Å². The maximum absolute atomic E-state index is 10.2. The molecule has 0 radical (unpaired) electrons. The highest BCUT2D eigenvalue weighted by molar-refractivity contribution is 9.10. The van der Waals surface area contributed by atoms with E-state index in [1.54, 1.807) is 12.1 Å². The molecule has 16 heavy (non-hydrogen) atoms. The zero-order valence-corrected chi connectivity index (χ0v) is 10.4. The number of methoxy groups -OCH3 is 2. The van der Waals surface area contributed by atoms with Crippen LogP contribution in [0.25, 0.3) is 6.08 Å². The van der Waals surface area contributed by atoms with Crippen molar-refractivity contribution in [2.45, 2.75) is 0 Å². The summed E-state index contributed by atoms with van der Waals surface area (Å²) in [5.74, 6) is 0.961. The molecule has 0 unspecified atom stereocenters. The largest absolute Gasteiger partial charge is 0.492 e. The van der Waals surface area contributed by atoms with E-state index in [1.807, 2.05) is 0 Å². The number of ether oxygens (including phenoxy) is 2. The summed E-state index contributed by atoms with van der Waals surface area (Å²) in [4.78, 5) is 9.70. The first-order valence-electron chi connectivity index (χ1n) is 4.32. The van der Waals surface area contributed by atoms with Crippen LogP contribution >= 0.6 is 15.9 Å².